The van der Waals surface area contributed by atoms with Gasteiger partial charge in [0.25, 0.3) is 0 Å². The fourth-order valence-corrected chi connectivity index (χ4v) is 1.03. The summed E-state index contributed by atoms with van der Waals surface area (Å²) in [7, 11) is -1.08. The highest BCUT2D eigenvalue weighted by molar-refractivity contribution is 7.85. The first kappa shape index (κ1) is 10.8. The third-order valence-electron chi connectivity index (χ3n) is 1.27. The zero-order chi connectivity index (χ0) is 9.07. The van der Waals surface area contributed by atoms with Gasteiger partial charge < -0.3 is 0 Å². The van der Waals surface area contributed by atoms with Gasteiger partial charge in [0.15, 0.2) is 0 Å². The largest absolute Gasteiger partial charge is 0.234 e. The normalized spacial score (nSPS) is 16.6. The van der Waals surface area contributed by atoms with E-state index < -0.39 is 11.0 Å². The van der Waals surface area contributed by atoms with Crippen LogP contribution in [0.25, 0.3) is 0 Å². The lowest BCUT2D eigenvalue weighted by atomic mass is 10.3. The van der Waals surface area contributed by atoms with Gasteiger partial charge >= 0.3 is 0 Å². The molecular weight excluding hydrogens is 158 g/mol. The van der Waals surface area contributed by atoms with Crippen LogP contribution < -0.4 is 0 Å². The van der Waals surface area contributed by atoms with E-state index in [1.807, 2.05) is 34.6 Å². The second-order valence-electron chi connectivity index (χ2n) is 3.54. The maximum Gasteiger partial charge on any atom is 0.144 e. The van der Waals surface area contributed by atoms with E-state index in [1.165, 1.54) is 0 Å². The Morgan fingerprint density at radius 3 is 2.18 bits per heavy atom. The van der Waals surface area contributed by atoms with E-state index in [4.69, 9.17) is 0 Å². The van der Waals surface area contributed by atoms with Crippen LogP contribution in [0.1, 0.15) is 41.0 Å². The van der Waals surface area contributed by atoms with Crippen LogP contribution in [0.4, 0.5) is 0 Å². The third-order valence-corrected chi connectivity index (χ3v) is 2.80. The van der Waals surface area contributed by atoms with Crippen molar-refractivity contribution in [3.05, 3.63) is 0 Å². The molecule has 3 heteroatoms. The molecule has 0 fully saturated rings. The highest BCUT2D eigenvalue weighted by Gasteiger charge is 2.18. The first-order valence-corrected chi connectivity index (χ1v) is 4.94. The average molecular weight is 175 g/mol. The highest BCUT2D eigenvalue weighted by Crippen LogP contribution is 2.12. The molecule has 0 heterocycles. The lowest BCUT2D eigenvalue weighted by molar-refractivity contribution is 0.650. The zero-order valence-corrected chi connectivity index (χ0v) is 8.79. The Morgan fingerprint density at radius 2 is 1.91 bits per heavy atom. The molecule has 0 aliphatic carbocycles. The van der Waals surface area contributed by atoms with E-state index in [0.717, 1.165) is 12.1 Å². The van der Waals surface area contributed by atoms with Crippen molar-refractivity contribution in [3.63, 3.8) is 0 Å². The van der Waals surface area contributed by atoms with Crippen molar-refractivity contribution in [2.24, 2.45) is 4.40 Å². The van der Waals surface area contributed by atoms with Gasteiger partial charge in [0, 0.05) is 5.71 Å². The first-order valence-electron chi connectivity index (χ1n) is 3.84. The van der Waals surface area contributed by atoms with Crippen molar-refractivity contribution in [1.29, 1.82) is 0 Å². The van der Waals surface area contributed by atoms with Crippen LogP contribution in [0.15, 0.2) is 4.40 Å². The van der Waals surface area contributed by atoms with E-state index >= 15 is 0 Å². The Labute approximate surface area is 71.7 Å². The van der Waals surface area contributed by atoms with Crippen LogP contribution in [0.5, 0.6) is 0 Å². The van der Waals surface area contributed by atoms with Gasteiger partial charge in [-0.25, -0.2) is 4.21 Å². The molecule has 66 valence electrons. The van der Waals surface area contributed by atoms with Crippen molar-refractivity contribution >= 4 is 16.7 Å². The van der Waals surface area contributed by atoms with Gasteiger partial charge in [-0.15, -0.1) is 0 Å². The van der Waals surface area contributed by atoms with Crippen molar-refractivity contribution in [1.82, 2.24) is 0 Å². The third kappa shape index (κ3) is 4.30. The Hall–Kier alpha value is -0.180. The molecule has 0 aliphatic heterocycles. The number of hydrogen-bond acceptors (Lipinski definition) is 1. The van der Waals surface area contributed by atoms with Gasteiger partial charge in [0.2, 0.25) is 0 Å². The van der Waals surface area contributed by atoms with E-state index in [0.29, 0.717) is 0 Å². The molecule has 0 aromatic carbocycles. The molecular formula is C8H17NOS. The smallest absolute Gasteiger partial charge is 0.144 e. The van der Waals surface area contributed by atoms with Crippen LogP contribution >= 0.6 is 0 Å². The van der Waals surface area contributed by atoms with Crippen LogP contribution in [0.3, 0.4) is 0 Å². The topological polar surface area (TPSA) is 29.4 Å². The summed E-state index contributed by atoms with van der Waals surface area (Å²) < 4.78 is 15.2. The molecule has 2 nitrogen and oxygen atoms in total. The molecule has 0 amide bonds. The molecule has 0 unspecified atom stereocenters. The Balaban J connectivity index is 4.30. The van der Waals surface area contributed by atoms with Gasteiger partial charge in [-0.2, -0.15) is 4.40 Å². The summed E-state index contributed by atoms with van der Waals surface area (Å²) in [6.07, 6.45) is 0.877. The molecule has 0 rings (SSSR count). The highest BCUT2D eigenvalue weighted by atomic mass is 32.2. The molecule has 0 radical (unpaired) electrons. The second kappa shape index (κ2) is 4.00. The number of rotatable bonds is 2. The summed E-state index contributed by atoms with van der Waals surface area (Å²) in [5, 5.41) is 0. The molecule has 11 heavy (non-hydrogen) atoms. The summed E-state index contributed by atoms with van der Waals surface area (Å²) in [5.74, 6) is 0. The summed E-state index contributed by atoms with van der Waals surface area (Å²) in [6, 6.07) is 0. The summed E-state index contributed by atoms with van der Waals surface area (Å²) in [4.78, 5) is 0. The van der Waals surface area contributed by atoms with Crippen molar-refractivity contribution in [3.8, 4) is 0 Å². The molecule has 0 aromatic heterocycles. The SMILES string of the molecule is CCC(C)=N[S@](=O)C(C)(C)C. The summed E-state index contributed by atoms with van der Waals surface area (Å²) in [5.41, 5.74) is 0.957. The molecule has 0 aliphatic rings. The van der Waals surface area contributed by atoms with Crippen LogP contribution in [-0.2, 0) is 11.0 Å². The van der Waals surface area contributed by atoms with Gasteiger partial charge in [0.1, 0.15) is 11.0 Å². The zero-order valence-electron chi connectivity index (χ0n) is 7.97. The fraction of sp³-hybridized carbons (Fsp3) is 0.875. The van der Waals surface area contributed by atoms with E-state index in [-0.39, 0.29) is 4.75 Å². The minimum Gasteiger partial charge on any atom is -0.234 e. The van der Waals surface area contributed by atoms with Gasteiger partial charge in [0.05, 0.1) is 4.75 Å². The molecule has 0 bridgehead atoms. The maximum absolute atomic E-state index is 11.4. The number of nitrogens with zero attached hydrogens (tertiary/aromatic N) is 1. The second-order valence-corrected chi connectivity index (χ2v) is 5.45. The summed E-state index contributed by atoms with van der Waals surface area (Å²) >= 11 is 0. The molecule has 0 aromatic rings. The standard InChI is InChI=1S/C8H17NOS/c1-6-7(2)9-11(10)8(3,4)5/h6H2,1-5H3/t11-/m1/s1. The average Bonchev–Trinajstić information content (AvgIpc) is 1.85. The van der Waals surface area contributed by atoms with Crippen LogP contribution in [0, 0.1) is 0 Å². The van der Waals surface area contributed by atoms with E-state index in [9.17, 15) is 4.21 Å². The minimum absolute atomic E-state index is 0.226. The van der Waals surface area contributed by atoms with Crippen LogP contribution in [0.2, 0.25) is 0 Å². The monoisotopic (exact) mass is 175 g/mol. The van der Waals surface area contributed by atoms with Crippen molar-refractivity contribution in [2.45, 2.75) is 45.8 Å². The molecule has 0 spiro atoms. The molecule has 0 N–H and O–H groups in total. The van der Waals surface area contributed by atoms with Crippen molar-refractivity contribution < 1.29 is 4.21 Å². The van der Waals surface area contributed by atoms with Gasteiger partial charge in [-0.05, 0) is 34.1 Å². The molecule has 0 saturated heterocycles. The van der Waals surface area contributed by atoms with Crippen molar-refractivity contribution in [2.75, 3.05) is 0 Å². The lowest BCUT2D eigenvalue weighted by Gasteiger charge is -2.13. The van der Waals surface area contributed by atoms with Crippen LogP contribution in [-0.4, -0.2) is 14.7 Å². The Kier molecular flexibility index (Phi) is 3.93. The van der Waals surface area contributed by atoms with Gasteiger partial charge in [-0.3, -0.25) is 0 Å². The molecule has 0 saturated carbocycles. The predicted octanol–water partition coefficient (Wildman–Crippen LogP) is 2.32. The van der Waals surface area contributed by atoms with E-state index in [2.05, 4.69) is 4.40 Å². The van der Waals surface area contributed by atoms with Gasteiger partial charge in [-0.1, -0.05) is 6.92 Å². The van der Waals surface area contributed by atoms with E-state index in [1.54, 1.807) is 0 Å². The number of hydrogen-bond donors (Lipinski definition) is 0. The summed E-state index contributed by atoms with van der Waals surface area (Å²) in [6.45, 7) is 9.70. The first-order chi connectivity index (χ1) is 4.88. The Morgan fingerprint density at radius 1 is 1.45 bits per heavy atom. The quantitative estimate of drug-likeness (QED) is 0.592. The lowest BCUT2D eigenvalue weighted by Crippen LogP contribution is -2.20. The molecule has 1 atom stereocenters. The Bertz CT molecular complexity index is 179. The fourth-order valence-electron chi connectivity index (χ4n) is 0.343. The minimum atomic E-state index is -1.08. The predicted molar refractivity (Wildman–Crippen MR) is 51.3 cm³/mol. The maximum atomic E-state index is 11.4.